The van der Waals surface area contributed by atoms with Gasteiger partial charge in [0.2, 0.25) is 0 Å². The normalized spacial score (nSPS) is 13.7. The first-order valence-electron chi connectivity index (χ1n) is 9.62. The van der Waals surface area contributed by atoms with Crippen LogP contribution in [0.25, 0.3) is 5.82 Å². The Morgan fingerprint density at radius 3 is 2.83 bits per heavy atom. The summed E-state index contributed by atoms with van der Waals surface area (Å²) in [5.74, 6) is 0.382. The lowest BCUT2D eigenvalue weighted by molar-refractivity contribution is 0.102. The van der Waals surface area contributed by atoms with E-state index in [9.17, 15) is 4.79 Å². The monoisotopic (exact) mass is 417 g/mol. The van der Waals surface area contributed by atoms with Gasteiger partial charge in [0.05, 0.1) is 11.3 Å². The number of carbonyl (C=O) groups is 1. The molecule has 0 unspecified atom stereocenters. The number of thiazole rings is 1. The fraction of sp³-hybridized carbons (Fsp3) is 0.190. The smallest absolute Gasteiger partial charge is 0.259 e. The van der Waals surface area contributed by atoms with Gasteiger partial charge in [0, 0.05) is 37.1 Å². The highest BCUT2D eigenvalue weighted by molar-refractivity contribution is 7.15. The SMILES string of the molecule is O=C(Nc1nc2c(s1)CN(Cc1ccccc1)CC2)c1ccc(-n2cncn2)nc1. The predicted octanol–water partition coefficient (Wildman–Crippen LogP) is 2.93. The number of hydrogen-bond donors (Lipinski definition) is 1. The van der Waals surface area contributed by atoms with Crippen LogP contribution in [-0.4, -0.2) is 42.1 Å². The highest BCUT2D eigenvalue weighted by Crippen LogP contribution is 2.29. The van der Waals surface area contributed by atoms with Crippen LogP contribution in [-0.2, 0) is 19.5 Å². The summed E-state index contributed by atoms with van der Waals surface area (Å²) in [6.07, 6.45) is 5.42. The van der Waals surface area contributed by atoms with Gasteiger partial charge in [-0.3, -0.25) is 15.0 Å². The summed E-state index contributed by atoms with van der Waals surface area (Å²) >= 11 is 1.55. The molecule has 5 rings (SSSR count). The number of amides is 1. The van der Waals surface area contributed by atoms with Crippen LogP contribution in [0.5, 0.6) is 0 Å². The van der Waals surface area contributed by atoms with Crippen molar-refractivity contribution in [2.45, 2.75) is 19.5 Å². The third kappa shape index (κ3) is 3.98. The lowest BCUT2D eigenvalue weighted by Crippen LogP contribution is -2.29. The Kier molecular flexibility index (Phi) is 5.04. The van der Waals surface area contributed by atoms with Gasteiger partial charge in [-0.2, -0.15) is 5.10 Å². The Labute approximate surface area is 177 Å². The molecule has 0 fully saturated rings. The number of pyridine rings is 1. The van der Waals surface area contributed by atoms with E-state index in [1.807, 2.05) is 6.07 Å². The fourth-order valence-electron chi connectivity index (χ4n) is 3.43. The standard InChI is InChI=1S/C21H19N7OS/c29-20(16-6-7-19(23-10-16)28-14-22-13-24-28)26-21-25-17-8-9-27(12-18(17)30-21)11-15-4-2-1-3-5-15/h1-7,10,13-14H,8-9,11-12H2,(H,25,26,29). The predicted molar refractivity (Wildman–Crippen MR) is 113 cm³/mol. The molecule has 30 heavy (non-hydrogen) atoms. The fourth-order valence-corrected chi connectivity index (χ4v) is 4.48. The Morgan fingerprint density at radius 1 is 1.17 bits per heavy atom. The Morgan fingerprint density at radius 2 is 2.07 bits per heavy atom. The zero-order valence-electron chi connectivity index (χ0n) is 16.1. The van der Waals surface area contributed by atoms with Gasteiger partial charge in [0.15, 0.2) is 10.9 Å². The molecular weight excluding hydrogens is 398 g/mol. The van der Waals surface area contributed by atoms with Crippen LogP contribution in [0.15, 0.2) is 61.3 Å². The maximum absolute atomic E-state index is 12.6. The van der Waals surface area contributed by atoms with E-state index < -0.39 is 0 Å². The largest absolute Gasteiger partial charge is 0.298 e. The zero-order valence-corrected chi connectivity index (χ0v) is 16.9. The zero-order chi connectivity index (χ0) is 20.3. The van der Waals surface area contributed by atoms with E-state index in [0.29, 0.717) is 16.5 Å². The maximum Gasteiger partial charge on any atom is 0.259 e. The quantitative estimate of drug-likeness (QED) is 0.537. The maximum atomic E-state index is 12.6. The van der Waals surface area contributed by atoms with Crippen molar-refractivity contribution in [3.63, 3.8) is 0 Å². The number of carbonyl (C=O) groups excluding carboxylic acids is 1. The van der Waals surface area contributed by atoms with Gasteiger partial charge in [-0.15, -0.1) is 11.3 Å². The van der Waals surface area contributed by atoms with Crippen LogP contribution in [0, 0.1) is 0 Å². The molecule has 4 heterocycles. The molecule has 4 aromatic rings. The lowest BCUT2D eigenvalue weighted by atomic mass is 10.1. The average molecular weight is 417 g/mol. The second kappa shape index (κ2) is 8.13. The Balaban J connectivity index is 1.24. The summed E-state index contributed by atoms with van der Waals surface area (Å²) in [5, 5.41) is 7.57. The molecule has 0 spiro atoms. The number of nitrogens with one attached hydrogen (secondary N) is 1. The van der Waals surface area contributed by atoms with Gasteiger partial charge in [0.25, 0.3) is 5.91 Å². The minimum absolute atomic E-state index is 0.222. The van der Waals surface area contributed by atoms with E-state index in [1.54, 1.807) is 29.8 Å². The number of anilines is 1. The average Bonchev–Trinajstić information content (AvgIpc) is 3.44. The number of aromatic nitrogens is 5. The minimum atomic E-state index is -0.222. The van der Waals surface area contributed by atoms with Crippen LogP contribution in [0.2, 0.25) is 0 Å². The third-order valence-corrected chi connectivity index (χ3v) is 5.94. The Hall–Kier alpha value is -3.43. The minimum Gasteiger partial charge on any atom is -0.298 e. The summed E-state index contributed by atoms with van der Waals surface area (Å²) in [4.78, 5) is 29.0. The number of benzene rings is 1. The van der Waals surface area contributed by atoms with E-state index in [-0.39, 0.29) is 5.91 Å². The molecule has 0 atom stereocenters. The van der Waals surface area contributed by atoms with Crippen molar-refractivity contribution in [2.75, 3.05) is 11.9 Å². The van der Waals surface area contributed by atoms with Crippen LogP contribution in [0.3, 0.4) is 0 Å². The van der Waals surface area contributed by atoms with Gasteiger partial charge < -0.3 is 0 Å². The second-order valence-electron chi connectivity index (χ2n) is 7.03. The summed E-state index contributed by atoms with van der Waals surface area (Å²) < 4.78 is 1.54. The number of fused-ring (bicyclic) bond motifs is 1. The molecule has 1 aliphatic heterocycles. The molecule has 0 saturated carbocycles. The van der Waals surface area contributed by atoms with Crippen molar-refractivity contribution >= 4 is 22.4 Å². The van der Waals surface area contributed by atoms with Crippen LogP contribution < -0.4 is 5.32 Å². The van der Waals surface area contributed by atoms with Crippen LogP contribution >= 0.6 is 11.3 Å². The molecule has 9 heteroatoms. The summed E-state index contributed by atoms with van der Waals surface area (Å²) in [7, 11) is 0. The van der Waals surface area contributed by atoms with Crippen molar-refractivity contribution in [3.05, 3.63) is 83.0 Å². The summed E-state index contributed by atoms with van der Waals surface area (Å²) in [5.41, 5.74) is 2.86. The van der Waals surface area contributed by atoms with Crippen LogP contribution in [0.4, 0.5) is 5.13 Å². The molecule has 1 aromatic carbocycles. The second-order valence-corrected chi connectivity index (χ2v) is 8.12. The molecule has 1 aliphatic rings. The number of rotatable bonds is 5. The van der Waals surface area contributed by atoms with Crippen molar-refractivity contribution < 1.29 is 4.79 Å². The highest BCUT2D eigenvalue weighted by atomic mass is 32.1. The first kappa shape index (κ1) is 18.6. The van der Waals surface area contributed by atoms with Gasteiger partial charge in [-0.1, -0.05) is 30.3 Å². The molecule has 0 saturated heterocycles. The highest BCUT2D eigenvalue weighted by Gasteiger charge is 2.21. The van der Waals surface area contributed by atoms with Gasteiger partial charge in [-0.05, 0) is 17.7 Å². The van der Waals surface area contributed by atoms with E-state index in [2.05, 4.69) is 54.5 Å². The molecular formula is C21H19N7OS. The molecule has 8 nitrogen and oxygen atoms in total. The van der Waals surface area contributed by atoms with Gasteiger partial charge in [0.1, 0.15) is 12.7 Å². The Bertz CT molecular complexity index is 1140. The van der Waals surface area contributed by atoms with Crippen molar-refractivity contribution in [1.82, 2.24) is 29.6 Å². The van der Waals surface area contributed by atoms with Crippen molar-refractivity contribution in [2.24, 2.45) is 0 Å². The number of hydrogen-bond acceptors (Lipinski definition) is 7. The van der Waals surface area contributed by atoms with Gasteiger partial charge >= 0.3 is 0 Å². The van der Waals surface area contributed by atoms with Crippen molar-refractivity contribution in [3.8, 4) is 5.82 Å². The topological polar surface area (TPSA) is 88.8 Å². The van der Waals surface area contributed by atoms with Crippen LogP contribution in [0.1, 0.15) is 26.5 Å². The van der Waals surface area contributed by atoms with E-state index in [0.717, 1.165) is 31.7 Å². The molecule has 0 bridgehead atoms. The lowest BCUT2D eigenvalue weighted by Gasteiger charge is -2.25. The van der Waals surface area contributed by atoms with Crippen molar-refractivity contribution in [1.29, 1.82) is 0 Å². The first-order chi connectivity index (χ1) is 14.7. The molecule has 1 amide bonds. The first-order valence-corrected chi connectivity index (χ1v) is 10.4. The summed E-state index contributed by atoms with van der Waals surface area (Å²) in [6, 6.07) is 13.9. The van der Waals surface area contributed by atoms with E-state index in [4.69, 9.17) is 0 Å². The van der Waals surface area contributed by atoms with E-state index >= 15 is 0 Å². The third-order valence-electron chi connectivity index (χ3n) is 4.94. The van der Waals surface area contributed by atoms with Gasteiger partial charge in [-0.25, -0.2) is 19.6 Å². The summed E-state index contributed by atoms with van der Waals surface area (Å²) in [6.45, 7) is 2.74. The molecule has 150 valence electrons. The molecule has 1 N–H and O–H groups in total. The molecule has 3 aromatic heterocycles. The molecule has 0 radical (unpaired) electrons. The number of nitrogens with zero attached hydrogens (tertiary/aromatic N) is 6. The van der Waals surface area contributed by atoms with E-state index in [1.165, 1.54) is 27.6 Å². The molecule has 0 aliphatic carbocycles.